The Kier molecular flexibility index (Phi) is 14.0. The Morgan fingerprint density at radius 1 is 0.738 bits per heavy atom. The van der Waals surface area contributed by atoms with E-state index >= 15 is 0 Å². The molecule has 2 N–H and O–H groups in total. The summed E-state index contributed by atoms with van der Waals surface area (Å²) in [5.74, 6) is 0.598. The van der Waals surface area contributed by atoms with E-state index in [2.05, 4.69) is 11.9 Å². The van der Waals surface area contributed by atoms with E-state index in [4.69, 9.17) is 0 Å². The molecule has 3 rings (SSSR count). The van der Waals surface area contributed by atoms with E-state index in [1.54, 1.807) is 0 Å². The molecule has 1 unspecified atom stereocenters. The third-order valence-electron chi connectivity index (χ3n) is 8.02. The SMILES string of the molecule is CCCCCCCCCCCCCCCC(CCc1nc2ccc(S(=O)(=O)O)cc2n1Cc1ccccc1)S(=O)(=O)O. The first-order valence-electron chi connectivity index (χ1n) is 15.6. The van der Waals surface area contributed by atoms with Gasteiger partial charge in [0.2, 0.25) is 0 Å². The lowest BCUT2D eigenvalue weighted by Gasteiger charge is -2.15. The largest absolute Gasteiger partial charge is 0.323 e. The van der Waals surface area contributed by atoms with E-state index in [1.807, 2.05) is 34.9 Å². The van der Waals surface area contributed by atoms with Crippen LogP contribution >= 0.6 is 0 Å². The lowest BCUT2D eigenvalue weighted by molar-refractivity contribution is 0.447. The molecule has 3 aromatic rings. The van der Waals surface area contributed by atoms with Gasteiger partial charge in [0.15, 0.2) is 0 Å². The van der Waals surface area contributed by atoms with Crippen LogP contribution in [0.2, 0.25) is 0 Å². The zero-order chi connectivity index (χ0) is 30.4. The minimum Gasteiger partial charge on any atom is -0.323 e. The van der Waals surface area contributed by atoms with E-state index in [9.17, 15) is 25.9 Å². The van der Waals surface area contributed by atoms with Gasteiger partial charge >= 0.3 is 0 Å². The minimum atomic E-state index is -4.40. The third-order valence-corrected chi connectivity index (χ3v) is 10.2. The van der Waals surface area contributed by atoms with Gasteiger partial charge in [0.1, 0.15) is 5.82 Å². The second-order valence-corrected chi connectivity index (χ2v) is 14.6. The number of nitrogens with zero attached hydrogens (tertiary/aromatic N) is 2. The highest BCUT2D eigenvalue weighted by atomic mass is 32.2. The second kappa shape index (κ2) is 17.1. The number of rotatable bonds is 21. The van der Waals surface area contributed by atoms with Crippen LogP contribution in [0.25, 0.3) is 11.0 Å². The smallest absolute Gasteiger partial charge is 0.294 e. The van der Waals surface area contributed by atoms with Crippen LogP contribution in [0.1, 0.15) is 115 Å². The molecule has 1 atom stereocenters. The molecule has 0 saturated carbocycles. The Hall–Kier alpha value is -2.27. The molecule has 0 fully saturated rings. The van der Waals surface area contributed by atoms with Crippen molar-refractivity contribution >= 4 is 31.3 Å². The summed E-state index contributed by atoms with van der Waals surface area (Å²) in [5.41, 5.74) is 2.05. The summed E-state index contributed by atoms with van der Waals surface area (Å²) in [4.78, 5) is 4.44. The zero-order valence-corrected chi connectivity index (χ0v) is 26.6. The van der Waals surface area contributed by atoms with Gasteiger partial charge in [-0.3, -0.25) is 9.11 Å². The average molecular weight is 621 g/mol. The van der Waals surface area contributed by atoms with E-state index in [1.165, 1.54) is 76.0 Å². The first kappa shape index (κ1) is 34.2. The van der Waals surface area contributed by atoms with E-state index in [0.717, 1.165) is 31.2 Å². The summed E-state index contributed by atoms with van der Waals surface area (Å²) in [7, 11) is -8.63. The van der Waals surface area contributed by atoms with E-state index < -0.39 is 25.5 Å². The lowest BCUT2D eigenvalue weighted by Crippen LogP contribution is -2.22. The molecular weight excluding hydrogens is 572 g/mol. The Balaban J connectivity index is 1.55. The number of unbranched alkanes of at least 4 members (excludes halogenated alkanes) is 12. The third kappa shape index (κ3) is 11.4. The summed E-state index contributed by atoms with van der Waals surface area (Å²) in [6.45, 7) is 2.64. The standard InChI is InChI=1S/C32H48N2O6S2/c1-2-3-4-5-6-7-8-9-10-11-12-13-17-20-28(41(35,36)37)22-24-32-33-30-23-21-29(42(38,39)40)25-31(30)34(32)26-27-18-15-14-16-19-27/h14-16,18-19,21,23,25,28H,2-13,17,20,22,24,26H2,1H3,(H,35,36,37)(H,38,39,40). The molecule has 0 radical (unpaired) electrons. The van der Waals surface area contributed by atoms with Crippen molar-refractivity contribution in [2.45, 2.75) is 126 Å². The number of imidazole rings is 1. The monoisotopic (exact) mass is 620 g/mol. The normalized spacial score (nSPS) is 13.1. The molecule has 0 spiro atoms. The lowest BCUT2D eigenvalue weighted by atomic mass is 10.0. The highest BCUT2D eigenvalue weighted by molar-refractivity contribution is 7.86. The number of aromatic nitrogens is 2. The molecular formula is C32H48N2O6S2. The van der Waals surface area contributed by atoms with Gasteiger partial charge in [0, 0.05) is 13.0 Å². The number of hydrogen-bond donors (Lipinski definition) is 2. The maximum absolute atomic E-state index is 12.2. The van der Waals surface area contributed by atoms with Gasteiger partial charge in [0.25, 0.3) is 20.2 Å². The maximum Gasteiger partial charge on any atom is 0.294 e. The number of aryl methyl sites for hydroxylation is 1. The molecule has 0 aliphatic heterocycles. The second-order valence-electron chi connectivity index (χ2n) is 11.4. The van der Waals surface area contributed by atoms with Crippen molar-refractivity contribution in [3.05, 3.63) is 59.9 Å². The van der Waals surface area contributed by atoms with Crippen molar-refractivity contribution in [2.75, 3.05) is 0 Å². The van der Waals surface area contributed by atoms with Crippen LogP contribution in [0.5, 0.6) is 0 Å². The quantitative estimate of drug-likeness (QED) is 0.0912. The van der Waals surface area contributed by atoms with Gasteiger partial charge in [-0.2, -0.15) is 16.8 Å². The molecule has 10 heteroatoms. The van der Waals surface area contributed by atoms with Gasteiger partial charge in [-0.1, -0.05) is 121 Å². The van der Waals surface area contributed by atoms with Crippen LogP contribution in [0.3, 0.4) is 0 Å². The van der Waals surface area contributed by atoms with Crippen molar-refractivity contribution in [1.82, 2.24) is 9.55 Å². The van der Waals surface area contributed by atoms with Gasteiger partial charge in [-0.05, 0) is 36.6 Å². The molecule has 0 amide bonds. The Morgan fingerprint density at radius 3 is 1.86 bits per heavy atom. The molecule has 0 aliphatic carbocycles. The Bertz CT molecular complexity index is 1440. The molecule has 234 valence electrons. The highest BCUT2D eigenvalue weighted by Crippen LogP contribution is 2.25. The van der Waals surface area contributed by atoms with Crippen molar-refractivity contribution in [3.8, 4) is 0 Å². The first-order valence-corrected chi connectivity index (χ1v) is 18.5. The van der Waals surface area contributed by atoms with Crippen molar-refractivity contribution in [3.63, 3.8) is 0 Å². The summed E-state index contributed by atoms with van der Waals surface area (Å²) in [6.07, 6.45) is 16.6. The van der Waals surface area contributed by atoms with Crippen LogP contribution in [-0.4, -0.2) is 40.7 Å². The van der Waals surface area contributed by atoms with Crippen LogP contribution in [0.15, 0.2) is 53.4 Å². The summed E-state index contributed by atoms with van der Waals surface area (Å²) >= 11 is 0. The predicted molar refractivity (Wildman–Crippen MR) is 169 cm³/mol. The summed E-state index contributed by atoms with van der Waals surface area (Å²) in [5, 5.41) is -0.886. The minimum absolute atomic E-state index is 0.209. The van der Waals surface area contributed by atoms with E-state index in [0.29, 0.717) is 36.2 Å². The molecule has 0 aliphatic rings. The summed E-state index contributed by atoms with van der Waals surface area (Å²) < 4.78 is 69.4. The maximum atomic E-state index is 12.2. The fraction of sp³-hybridized carbons (Fsp3) is 0.594. The molecule has 1 aromatic heterocycles. The van der Waals surface area contributed by atoms with Crippen molar-refractivity contribution in [1.29, 1.82) is 0 Å². The average Bonchev–Trinajstić information content (AvgIpc) is 3.28. The van der Waals surface area contributed by atoms with Crippen molar-refractivity contribution in [2.24, 2.45) is 0 Å². The van der Waals surface area contributed by atoms with Crippen LogP contribution in [0.4, 0.5) is 0 Å². The van der Waals surface area contributed by atoms with E-state index in [-0.39, 0.29) is 11.3 Å². The van der Waals surface area contributed by atoms with Crippen molar-refractivity contribution < 1.29 is 25.9 Å². The Labute approximate surface area is 252 Å². The molecule has 0 saturated heterocycles. The van der Waals surface area contributed by atoms with Crippen LogP contribution in [-0.2, 0) is 33.2 Å². The highest BCUT2D eigenvalue weighted by Gasteiger charge is 2.24. The van der Waals surface area contributed by atoms with Gasteiger partial charge < -0.3 is 4.57 Å². The fourth-order valence-electron chi connectivity index (χ4n) is 5.57. The fourth-order valence-corrected chi connectivity index (χ4v) is 6.95. The van der Waals surface area contributed by atoms with Crippen LogP contribution < -0.4 is 0 Å². The number of benzene rings is 2. The van der Waals surface area contributed by atoms with Crippen LogP contribution in [0, 0.1) is 0 Å². The molecule has 0 bridgehead atoms. The zero-order valence-electron chi connectivity index (χ0n) is 25.0. The van der Waals surface area contributed by atoms with Gasteiger partial charge in [-0.25, -0.2) is 4.98 Å². The summed E-state index contributed by atoms with van der Waals surface area (Å²) in [6, 6.07) is 13.8. The van der Waals surface area contributed by atoms with Gasteiger partial charge in [0.05, 0.1) is 21.2 Å². The van der Waals surface area contributed by atoms with Gasteiger partial charge in [-0.15, -0.1) is 0 Å². The predicted octanol–water partition coefficient (Wildman–Crippen LogP) is 8.00. The Morgan fingerprint density at radius 2 is 1.31 bits per heavy atom. The topological polar surface area (TPSA) is 127 Å². The molecule has 1 heterocycles. The molecule has 42 heavy (non-hydrogen) atoms. The number of fused-ring (bicyclic) bond motifs is 1. The molecule has 8 nitrogen and oxygen atoms in total. The molecule has 2 aromatic carbocycles. The first-order chi connectivity index (χ1) is 20.1. The number of hydrogen-bond acceptors (Lipinski definition) is 5.